The maximum absolute atomic E-state index is 13.6. The Bertz CT molecular complexity index is 1300. The Labute approximate surface area is 204 Å². The Morgan fingerprint density at radius 3 is 2.56 bits per heavy atom. The lowest BCUT2D eigenvalue weighted by atomic mass is 10.0. The molecule has 2 N–H and O–H groups in total. The van der Waals surface area contributed by atoms with E-state index in [0.29, 0.717) is 27.4 Å². The maximum Gasteiger partial charge on any atom is 0.240 e. The quantitative estimate of drug-likeness (QED) is 0.390. The number of benzene rings is 3. The van der Waals surface area contributed by atoms with Crippen LogP contribution in [0.1, 0.15) is 17.4 Å². The van der Waals surface area contributed by atoms with Gasteiger partial charge in [0.15, 0.2) is 5.82 Å². The zero-order chi connectivity index (χ0) is 23.5. The number of nitrogens with one attached hydrogen (secondary N) is 2. The average Bonchev–Trinajstić information content (AvgIpc) is 3.26. The average molecular weight is 496 g/mol. The number of anilines is 1. The summed E-state index contributed by atoms with van der Waals surface area (Å²) in [6.45, 7) is 0.178. The molecule has 0 spiro atoms. The van der Waals surface area contributed by atoms with E-state index in [9.17, 15) is 9.18 Å². The first kappa shape index (κ1) is 22.2. The number of hydrogen-bond donors (Lipinski definition) is 2. The monoisotopic (exact) mass is 495 g/mol. The summed E-state index contributed by atoms with van der Waals surface area (Å²) >= 11 is 7.49. The minimum atomic E-state index is -0.624. The number of ether oxygens (including phenoxy) is 1. The Morgan fingerprint density at radius 2 is 1.79 bits per heavy atom. The second-order valence-corrected chi connectivity index (χ2v) is 9.02. The fourth-order valence-electron chi connectivity index (χ4n) is 3.54. The highest BCUT2D eigenvalue weighted by Gasteiger charge is 2.38. The number of nitrogens with zero attached hydrogens (tertiary/aromatic N) is 3. The Morgan fingerprint density at radius 1 is 1.06 bits per heavy atom. The number of thioether (sulfide) groups is 1. The van der Waals surface area contributed by atoms with Crippen molar-refractivity contribution in [3.05, 3.63) is 101 Å². The van der Waals surface area contributed by atoms with Crippen LogP contribution in [0.15, 0.2) is 84.0 Å². The number of para-hydroxylation sites is 2. The molecule has 2 heterocycles. The molecule has 0 unspecified atom stereocenters. The van der Waals surface area contributed by atoms with E-state index in [-0.39, 0.29) is 18.3 Å². The van der Waals surface area contributed by atoms with E-state index < -0.39 is 11.3 Å². The summed E-state index contributed by atoms with van der Waals surface area (Å²) in [6, 6.07) is 21.9. The van der Waals surface area contributed by atoms with Gasteiger partial charge in [0.2, 0.25) is 11.1 Å². The molecular weight excluding hydrogens is 477 g/mol. The minimum absolute atomic E-state index is 0.178. The van der Waals surface area contributed by atoms with Gasteiger partial charge in [0.25, 0.3) is 0 Å². The molecular formula is C24H19ClFN5O2S. The van der Waals surface area contributed by atoms with Crippen molar-refractivity contribution >= 4 is 35.0 Å². The zero-order valence-electron chi connectivity index (χ0n) is 17.7. The summed E-state index contributed by atoms with van der Waals surface area (Å²) in [5, 5.41) is 11.7. The molecule has 0 aliphatic carbocycles. The Kier molecular flexibility index (Phi) is 6.37. The molecule has 3 aromatic carbocycles. The van der Waals surface area contributed by atoms with E-state index in [0.717, 1.165) is 5.56 Å². The molecule has 0 radical (unpaired) electrons. The lowest BCUT2D eigenvalue weighted by molar-refractivity contribution is -0.116. The summed E-state index contributed by atoms with van der Waals surface area (Å²) in [7, 11) is 0. The number of fused-ring (bicyclic) bond motifs is 1. The summed E-state index contributed by atoms with van der Waals surface area (Å²) in [5.74, 6) is 0.626. The molecule has 1 aliphatic heterocycles. The molecule has 0 fully saturated rings. The van der Waals surface area contributed by atoms with E-state index in [1.54, 1.807) is 41.1 Å². The molecule has 0 saturated heterocycles. The highest BCUT2D eigenvalue weighted by Crippen LogP contribution is 2.38. The lowest BCUT2D eigenvalue weighted by Gasteiger charge is -2.33. The fraction of sp³-hybridized carbons (Fsp3) is 0.125. The van der Waals surface area contributed by atoms with Gasteiger partial charge >= 0.3 is 0 Å². The number of carbonyl (C=O) groups excluding carboxylic acids is 1. The van der Waals surface area contributed by atoms with Crippen molar-refractivity contribution in [3.8, 4) is 5.75 Å². The highest BCUT2D eigenvalue weighted by molar-refractivity contribution is 8.00. The summed E-state index contributed by atoms with van der Waals surface area (Å²) in [5.41, 5.74) is 4.57. The van der Waals surface area contributed by atoms with Crippen molar-refractivity contribution < 1.29 is 13.9 Å². The first-order chi connectivity index (χ1) is 16.6. The molecule has 5 rings (SSSR count). The molecule has 4 aromatic rings. The van der Waals surface area contributed by atoms with Crippen LogP contribution >= 0.6 is 23.4 Å². The number of carbonyl (C=O) groups is 1. The molecule has 172 valence electrons. The van der Waals surface area contributed by atoms with Gasteiger partial charge in [-0.05, 0) is 42.0 Å². The van der Waals surface area contributed by atoms with Crippen LogP contribution in [0.4, 0.5) is 10.1 Å². The normalized spacial score (nSPS) is 16.9. The topological polar surface area (TPSA) is 81.1 Å². The van der Waals surface area contributed by atoms with Crippen LogP contribution in [0, 0.1) is 5.82 Å². The maximum atomic E-state index is 13.6. The summed E-state index contributed by atoms with van der Waals surface area (Å²) in [6.07, 6.45) is 0. The standard InChI is InChI=1S/C24H19ClFN5O2S/c25-18-8-4-5-9-19(18)27-23(32)22-21(15-10-12-16(26)13-11-15)30-31-20(28-29-24(31)34-22)14-33-17-6-2-1-3-7-17/h1-13,21-22,30H,14H2,(H,27,32)/t21-,22+/m1/s1. The Balaban J connectivity index is 1.43. The number of halogens is 2. The third kappa shape index (κ3) is 4.71. The van der Waals surface area contributed by atoms with Crippen molar-refractivity contribution in [2.24, 2.45) is 0 Å². The SMILES string of the molecule is O=C(Nc1ccccc1Cl)[C@H]1Sc2nnc(COc3ccccc3)n2N[C@@H]1c1ccc(F)cc1. The van der Waals surface area contributed by atoms with Gasteiger partial charge in [-0.15, -0.1) is 10.2 Å². The number of amides is 1. The van der Waals surface area contributed by atoms with Gasteiger partial charge < -0.3 is 15.5 Å². The number of aromatic nitrogens is 3. The second kappa shape index (κ2) is 9.74. The van der Waals surface area contributed by atoms with E-state index in [1.807, 2.05) is 30.3 Å². The molecule has 1 aromatic heterocycles. The van der Waals surface area contributed by atoms with Gasteiger partial charge in [-0.1, -0.05) is 65.8 Å². The first-order valence-corrected chi connectivity index (χ1v) is 11.7. The van der Waals surface area contributed by atoms with Crippen LogP contribution < -0.4 is 15.5 Å². The van der Waals surface area contributed by atoms with Crippen LogP contribution in [0.3, 0.4) is 0 Å². The van der Waals surface area contributed by atoms with Gasteiger partial charge in [0, 0.05) is 0 Å². The van der Waals surface area contributed by atoms with Crippen LogP contribution in [0.5, 0.6) is 5.75 Å². The molecule has 1 aliphatic rings. The first-order valence-electron chi connectivity index (χ1n) is 10.4. The van der Waals surface area contributed by atoms with Crippen molar-refractivity contribution in [3.63, 3.8) is 0 Å². The molecule has 10 heteroatoms. The second-order valence-electron chi connectivity index (χ2n) is 7.50. The van der Waals surface area contributed by atoms with Crippen LogP contribution in [0.2, 0.25) is 5.02 Å². The smallest absolute Gasteiger partial charge is 0.240 e. The van der Waals surface area contributed by atoms with Crippen molar-refractivity contribution in [2.45, 2.75) is 23.1 Å². The largest absolute Gasteiger partial charge is 0.486 e. The Hall–Kier alpha value is -3.56. The number of hydrogen-bond acceptors (Lipinski definition) is 6. The zero-order valence-corrected chi connectivity index (χ0v) is 19.3. The number of rotatable bonds is 6. The van der Waals surface area contributed by atoms with E-state index >= 15 is 0 Å². The molecule has 0 bridgehead atoms. The van der Waals surface area contributed by atoms with Gasteiger partial charge in [0.1, 0.15) is 23.4 Å². The van der Waals surface area contributed by atoms with Crippen molar-refractivity contribution in [2.75, 3.05) is 10.7 Å². The van der Waals surface area contributed by atoms with Crippen LogP contribution in [-0.2, 0) is 11.4 Å². The third-order valence-corrected chi connectivity index (χ3v) is 6.78. The minimum Gasteiger partial charge on any atom is -0.486 e. The molecule has 1 amide bonds. The fourth-order valence-corrected chi connectivity index (χ4v) is 4.83. The molecule has 34 heavy (non-hydrogen) atoms. The third-order valence-electron chi connectivity index (χ3n) is 5.23. The van der Waals surface area contributed by atoms with Gasteiger partial charge in [-0.2, -0.15) is 0 Å². The van der Waals surface area contributed by atoms with E-state index in [2.05, 4.69) is 20.9 Å². The van der Waals surface area contributed by atoms with E-state index in [4.69, 9.17) is 16.3 Å². The van der Waals surface area contributed by atoms with Crippen LogP contribution in [-0.4, -0.2) is 26.0 Å². The molecule has 7 nitrogen and oxygen atoms in total. The van der Waals surface area contributed by atoms with Crippen molar-refractivity contribution in [1.29, 1.82) is 0 Å². The highest BCUT2D eigenvalue weighted by atomic mass is 35.5. The van der Waals surface area contributed by atoms with Gasteiger partial charge in [-0.25, -0.2) is 9.07 Å². The molecule has 2 atom stereocenters. The van der Waals surface area contributed by atoms with Crippen LogP contribution in [0.25, 0.3) is 0 Å². The predicted molar refractivity (Wildman–Crippen MR) is 129 cm³/mol. The van der Waals surface area contributed by atoms with Gasteiger partial charge in [0.05, 0.1) is 16.8 Å². The van der Waals surface area contributed by atoms with E-state index in [1.165, 1.54) is 23.9 Å². The summed E-state index contributed by atoms with van der Waals surface area (Å²) < 4.78 is 21.1. The van der Waals surface area contributed by atoms with Crippen molar-refractivity contribution in [1.82, 2.24) is 14.9 Å². The molecule has 0 saturated carbocycles. The summed E-state index contributed by atoms with van der Waals surface area (Å²) in [4.78, 5) is 13.3. The predicted octanol–water partition coefficient (Wildman–Crippen LogP) is 5.05. The lowest BCUT2D eigenvalue weighted by Crippen LogP contribution is -2.41. The van der Waals surface area contributed by atoms with Gasteiger partial charge in [-0.3, -0.25) is 4.79 Å².